The largest absolute Gasteiger partial charge is 0.456 e. The Kier molecular flexibility index (Phi) is 3.05. The third-order valence-electron chi connectivity index (χ3n) is 3.20. The summed E-state index contributed by atoms with van der Waals surface area (Å²) >= 11 is 5.99. The molecular weight excluding hydrogens is 258 g/mol. The van der Waals surface area contributed by atoms with Gasteiger partial charge in [0.1, 0.15) is 11.3 Å². The summed E-state index contributed by atoms with van der Waals surface area (Å²) in [6, 6.07) is 15.6. The molecule has 0 amide bonds. The first-order chi connectivity index (χ1) is 9.15. The van der Waals surface area contributed by atoms with E-state index in [4.69, 9.17) is 21.8 Å². The van der Waals surface area contributed by atoms with Gasteiger partial charge in [-0.15, -0.1) is 0 Å². The van der Waals surface area contributed by atoms with Crippen LogP contribution in [0.1, 0.15) is 18.5 Å². The summed E-state index contributed by atoms with van der Waals surface area (Å²) in [4.78, 5) is 0. The molecule has 2 aromatic carbocycles. The highest BCUT2D eigenvalue weighted by molar-refractivity contribution is 6.31. The molecular formula is C16H14ClNO. The lowest BCUT2D eigenvalue weighted by atomic mass is 10.0. The topological polar surface area (TPSA) is 39.2 Å². The maximum Gasteiger partial charge on any atom is 0.135 e. The van der Waals surface area contributed by atoms with E-state index in [0.29, 0.717) is 5.02 Å². The number of hydrogen-bond acceptors (Lipinski definition) is 2. The Morgan fingerprint density at radius 3 is 2.68 bits per heavy atom. The summed E-state index contributed by atoms with van der Waals surface area (Å²) < 4.78 is 5.89. The van der Waals surface area contributed by atoms with Gasteiger partial charge in [-0.25, -0.2) is 0 Å². The molecule has 0 saturated carbocycles. The van der Waals surface area contributed by atoms with Crippen LogP contribution in [0.2, 0.25) is 5.02 Å². The molecule has 0 aliphatic rings. The third-order valence-corrected chi connectivity index (χ3v) is 3.43. The van der Waals surface area contributed by atoms with Crippen LogP contribution in [-0.2, 0) is 0 Å². The zero-order valence-electron chi connectivity index (χ0n) is 10.6. The second-order valence-electron chi connectivity index (χ2n) is 4.67. The quantitative estimate of drug-likeness (QED) is 0.729. The molecule has 1 aromatic heterocycles. The van der Waals surface area contributed by atoms with E-state index in [-0.39, 0.29) is 6.04 Å². The van der Waals surface area contributed by atoms with Gasteiger partial charge < -0.3 is 10.2 Å². The first-order valence-electron chi connectivity index (χ1n) is 6.19. The Hall–Kier alpha value is -1.77. The fourth-order valence-corrected chi connectivity index (χ4v) is 2.45. The fraction of sp³-hybridized carbons (Fsp3) is 0.125. The Morgan fingerprint density at radius 2 is 1.89 bits per heavy atom. The van der Waals surface area contributed by atoms with Crippen LogP contribution >= 0.6 is 11.6 Å². The van der Waals surface area contributed by atoms with Gasteiger partial charge in [0.15, 0.2) is 0 Å². The molecule has 3 aromatic rings. The van der Waals surface area contributed by atoms with E-state index < -0.39 is 0 Å². The van der Waals surface area contributed by atoms with E-state index >= 15 is 0 Å². The van der Waals surface area contributed by atoms with Crippen molar-refractivity contribution >= 4 is 22.6 Å². The van der Waals surface area contributed by atoms with E-state index in [1.807, 2.05) is 55.5 Å². The van der Waals surface area contributed by atoms with E-state index in [1.165, 1.54) is 0 Å². The lowest BCUT2D eigenvalue weighted by Crippen LogP contribution is -2.06. The minimum atomic E-state index is -0.0343. The van der Waals surface area contributed by atoms with Crippen molar-refractivity contribution in [3.8, 4) is 11.3 Å². The van der Waals surface area contributed by atoms with Gasteiger partial charge in [-0.1, -0.05) is 35.9 Å². The number of nitrogens with two attached hydrogens (primary N) is 1. The molecule has 0 aliphatic carbocycles. The molecule has 0 bridgehead atoms. The van der Waals surface area contributed by atoms with Crippen LogP contribution < -0.4 is 5.73 Å². The van der Waals surface area contributed by atoms with Gasteiger partial charge in [-0.2, -0.15) is 0 Å². The average molecular weight is 272 g/mol. The number of benzene rings is 2. The van der Waals surface area contributed by atoms with Crippen molar-refractivity contribution in [1.29, 1.82) is 0 Å². The van der Waals surface area contributed by atoms with E-state index in [1.54, 1.807) is 0 Å². The van der Waals surface area contributed by atoms with Gasteiger partial charge >= 0.3 is 0 Å². The SMILES string of the molecule is CC(N)c1ccccc1-c1cc2cc(Cl)ccc2o1. The molecule has 96 valence electrons. The predicted octanol–water partition coefficient (Wildman–Crippen LogP) is 4.77. The lowest BCUT2D eigenvalue weighted by molar-refractivity contribution is 0.629. The van der Waals surface area contributed by atoms with Gasteiger partial charge in [-0.05, 0) is 36.8 Å². The van der Waals surface area contributed by atoms with Crippen LogP contribution in [0.5, 0.6) is 0 Å². The van der Waals surface area contributed by atoms with Gasteiger partial charge in [0, 0.05) is 22.0 Å². The molecule has 3 rings (SSSR count). The molecule has 1 atom stereocenters. The van der Waals surface area contributed by atoms with Crippen LogP contribution in [0.3, 0.4) is 0 Å². The van der Waals surface area contributed by atoms with E-state index in [0.717, 1.165) is 27.9 Å². The van der Waals surface area contributed by atoms with Crippen LogP contribution in [0.25, 0.3) is 22.3 Å². The molecule has 0 radical (unpaired) electrons. The molecule has 3 heteroatoms. The van der Waals surface area contributed by atoms with Crippen LogP contribution in [-0.4, -0.2) is 0 Å². The van der Waals surface area contributed by atoms with Crippen molar-refractivity contribution in [3.05, 3.63) is 59.1 Å². The van der Waals surface area contributed by atoms with Crippen molar-refractivity contribution in [2.24, 2.45) is 5.73 Å². The van der Waals surface area contributed by atoms with E-state index in [9.17, 15) is 0 Å². The van der Waals surface area contributed by atoms with Gasteiger partial charge in [0.05, 0.1) is 0 Å². The molecule has 0 aliphatic heterocycles. The van der Waals surface area contributed by atoms with Crippen molar-refractivity contribution in [2.75, 3.05) is 0 Å². The Bertz CT molecular complexity index is 730. The zero-order chi connectivity index (χ0) is 13.4. The Labute approximate surface area is 116 Å². The summed E-state index contributed by atoms with van der Waals surface area (Å²) in [5.41, 5.74) is 8.95. The summed E-state index contributed by atoms with van der Waals surface area (Å²) in [5.74, 6) is 0.824. The number of furan rings is 1. The molecule has 2 nitrogen and oxygen atoms in total. The molecule has 0 spiro atoms. The normalized spacial score (nSPS) is 12.8. The van der Waals surface area contributed by atoms with Crippen molar-refractivity contribution in [3.63, 3.8) is 0 Å². The Morgan fingerprint density at radius 1 is 1.11 bits per heavy atom. The number of halogens is 1. The molecule has 0 saturated heterocycles. The van der Waals surface area contributed by atoms with Crippen LogP contribution in [0.15, 0.2) is 52.9 Å². The summed E-state index contributed by atoms with van der Waals surface area (Å²) in [6.45, 7) is 1.97. The molecule has 2 N–H and O–H groups in total. The summed E-state index contributed by atoms with van der Waals surface area (Å²) in [5, 5.41) is 1.71. The third kappa shape index (κ3) is 2.25. The second-order valence-corrected chi connectivity index (χ2v) is 5.11. The molecule has 1 unspecified atom stereocenters. The average Bonchev–Trinajstić information content (AvgIpc) is 2.81. The zero-order valence-corrected chi connectivity index (χ0v) is 11.3. The van der Waals surface area contributed by atoms with Crippen LogP contribution in [0.4, 0.5) is 0 Å². The number of fused-ring (bicyclic) bond motifs is 1. The minimum Gasteiger partial charge on any atom is -0.456 e. The van der Waals surface area contributed by atoms with Gasteiger partial charge in [0.25, 0.3) is 0 Å². The van der Waals surface area contributed by atoms with Crippen LogP contribution in [0, 0.1) is 0 Å². The highest BCUT2D eigenvalue weighted by Gasteiger charge is 2.12. The Balaban J connectivity index is 2.19. The highest BCUT2D eigenvalue weighted by Crippen LogP contribution is 2.33. The molecule has 1 heterocycles. The van der Waals surface area contributed by atoms with Crippen molar-refractivity contribution < 1.29 is 4.42 Å². The number of hydrogen-bond donors (Lipinski definition) is 1. The standard InChI is InChI=1S/C16H14ClNO/c1-10(18)13-4-2-3-5-14(13)16-9-11-8-12(17)6-7-15(11)19-16/h2-10H,18H2,1H3. The molecule has 19 heavy (non-hydrogen) atoms. The maximum absolute atomic E-state index is 6.01. The smallest absolute Gasteiger partial charge is 0.135 e. The summed E-state index contributed by atoms with van der Waals surface area (Å²) in [7, 11) is 0. The fourth-order valence-electron chi connectivity index (χ4n) is 2.27. The first-order valence-corrected chi connectivity index (χ1v) is 6.57. The van der Waals surface area contributed by atoms with Crippen molar-refractivity contribution in [1.82, 2.24) is 0 Å². The van der Waals surface area contributed by atoms with Gasteiger partial charge in [0.2, 0.25) is 0 Å². The maximum atomic E-state index is 6.01. The first kappa shape index (κ1) is 12.3. The summed E-state index contributed by atoms with van der Waals surface area (Å²) in [6.07, 6.45) is 0. The highest BCUT2D eigenvalue weighted by atomic mass is 35.5. The van der Waals surface area contributed by atoms with Crippen molar-refractivity contribution in [2.45, 2.75) is 13.0 Å². The minimum absolute atomic E-state index is 0.0343. The number of rotatable bonds is 2. The van der Waals surface area contributed by atoms with E-state index in [2.05, 4.69) is 0 Å². The second kappa shape index (κ2) is 4.72. The predicted molar refractivity (Wildman–Crippen MR) is 79.3 cm³/mol. The lowest BCUT2D eigenvalue weighted by Gasteiger charge is -2.10. The molecule has 0 fully saturated rings. The monoisotopic (exact) mass is 271 g/mol. The van der Waals surface area contributed by atoms with Gasteiger partial charge in [-0.3, -0.25) is 0 Å².